The number of hydrogen-bond donors (Lipinski definition) is 1. The molecule has 0 aliphatic rings. The summed E-state index contributed by atoms with van der Waals surface area (Å²) in [4.78, 5) is 0. The average Bonchev–Trinajstić information content (AvgIpc) is 2.48. The van der Waals surface area contributed by atoms with Crippen LogP contribution in [-0.2, 0) is 13.0 Å². The SMILES string of the molecule is CCNCCc1ccccc1COc1ccc(F)cc1Cl. The van der Waals surface area contributed by atoms with Gasteiger partial charge in [-0.1, -0.05) is 42.8 Å². The molecule has 112 valence electrons. The van der Waals surface area contributed by atoms with Crippen LogP contribution in [0.4, 0.5) is 4.39 Å². The van der Waals surface area contributed by atoms with E-state index in [4.69, 9.17) is 16.3 Å². The summed E-state index contributed by atoms with van der Waals surface area (Å²) >= 11 is 5.96. The van der Waals surface area contributed by atoms with Crippen LogP contribution in [0, 0.1) is 5.82 Å². The summed E-state index contributed by atoms with van der Waals surface area (Å²) in [6.45, 7) is 4.41. The van der Waals surface area contributed by atoms with Gasteiger partial charge in [0.15, 0.2) is 0 Å². The molecular weight excluding hydrogens is 289 g/mol. The minimum Gasteiger partial charge on any atom is -0.487 e. The average molecular weight is 308 g/mol. The summed E-state index contributed by atoms with van der Waals surface area (Å²) in [6, 6.07) is 12.3. The van der Waals surface area contributed by atoms with Crippen LogP contribution in [0.25, 0.3) is 0 Å². The monoisotopic (exact) mass is 307 g/mol. The molecule has 0 unspecified atom stereocenters. The van der Waals surface area contributed by atoms with Gasteiger partial charge < -0.3 is 10.1 Å². The lowest BCUT2D eigenvalue weighted by Crippen LogP contribution is -2.17. The Morgan fingerprint density at radius 2 is 1.90 bits per heavy atom. The molecular formula is C17H19ClFNO. The summed E-state index contributed by atoms with van der Waals surface area (Å²) in [7, 11) is 0. The van der Waals surface area contributed by atoms with Gasteiger partial charge in [0.1, 0.15) is 18.2 Å². The third-order valence-corrected chi connectivity index (χ3v) is 3.51. The van der Waals surface area contributed by atoms with E-state index in [2.05, 4.69) is 18.3 Å². The Hall–Kier alpha value is -1.58. The first-order valence-electron chi connectivity index (χ1n) is 7.06. The highest BCUT2D eigenvalue weighted by Gasteiger charge is 2.06. The maximum absolute atomic E-state index is 13.0. The fourth-order valence-corrected chi connectivity index (χ4v) is 2.31. The zero-order chi connectivity index (χ0) is 15.1. The van der Waals surface area contributed by atoms with E-state index >= 15 is 0 Å². The highest BCUT2D eigenvalue weighted by Crippen LogP contribution is 2.26. The fourth-order valence-electron chi connectivity index (χ4n) is 2.09. The van der Waals surface area contributed by atoms with Crippen molar-refractivity contribution in [2.24, 2.45) is 0 Å². The third kappa shape index (κ3) is 4.73. The maximum atomic E-state index is 13.0. The van der Waals surface area contributed by atoms with Gasteiger partial charge in [-0.05, 0) is 48.8 Å². The topological polar surface area (TPSA) is 21.3 Å². The van der Waals surface area contributed by atoms with Crippen LogP contribution in [-0.4, -0.2) is 13.1 Å². The molecule has 0 saturated carbocycles. The smallest absolute Gasteiger partial charge is 0.138 e. The molecule has 2 rings (SSSR count). The van der Waals surface area contributed by atoms with Crippen LogP contribution < -0.4 is 10.1 Å². The van der Waals surface area contributed by atoms with Crippen molar-refractivity contribution in [1.82, 2.24) is 5.32 Å². The van der Waals surface area contributed by atoms with Gasteiger partial charge in [0, 0.05) is 0 Å². The van der Waals surface area contributed by atoms with Crippen molar-refractivity contribution in [3.05, 3.63) is 64.4 Å². The summed E-state index contributed by atoms with van der Waals surface area (Å²) in [5.41, 5.74) is 2.37. The van der Waals surface area contributed by atoms with Crippen molar-refractivity contribution < 1.29 is 9.13 Å². The van der Waals surface area contributed by atoms with E-state index in [9.17, 15) is 4.39 Å². The second-order valence-corrected chi connectivity index (χ2v) is 5.14. The molecule has 4 heteroatoms. The van der Waals surface area contributed by atoms with E-state index < -0.39 is 0 Å². The highest BCUT2D eigenvalue weighted by atomic mass is 35.5. The molecule has 2 aromatic rings. The van der Waals surface area contributed by atoms with Crippen LogP contribution in [0.2, 0.25) is 5.02 Å². The number of rotatable bonds is 7. The van der Waals surface area contributed by atoms with Gasteiger partial charge in [0.2, 0.25) is 0 Å². The number of benzene rings is 2. The summed E-state index contributed by atoms with van der Waals surface area (Å²) in [5, 5.41) is 3.60. The fraction of sp³-hybridized carbons (Fsp3) is 0.294. The molecule has 21 heavy (non-hydrogen) atoms. The van der Waals surface area contributed by atoms with Crippen LogP contribution in [0.1, 0.15) is 18.1 Å². The number of hydrogen-bond acceptors (Lipinski definition) is 2. The molecule has 0 radical (unpaired) electrons. The van der Waals surface area contributed by atoms with Crippen LogP contribution in [0.15, 0.2) is 42.5 Å². The summed E-state index contributed by atoms with van der Waals surface area (Å²) in [6.07, 6.45) is 0.949. The molecule has 1 N–H and O–H groups in total. The normalized spacial score (nSPS) is 10.6. The minimum atomic E-state index is -0.363. The van der Waals surface area contributed by atoms with E-state index in [0.29, 0.717) is 17.4 Å². The van der Waals surface area contributed by atoms with Crippen LogP contribution in [0.5, 0.6) is 5.75 Å². The van der Waals surface area contributed by atoms with Gasteiger partial charge in [0.25, 0.3) is 0 Å². The summed E-state index contributed by atoms with van der Waals surface area (Å²) < 4.78 is 18.7. The van der Waals surface area contributed by atoms with Gasteiger partial charge in [-0.3, -0.25) is 0 Å². The minimum absolute atomic E-state index is 0.292. The van der Waals surface area contributed by atoms with Crippen LogP contribution in [0.3, 0.4) is 0 Å². The first-order valence-corrected chi connectivity index (χ1v) is 7.44. The van der Waals surface area contributed by atoms with Gasteiger partial charge in [-0.2, -0.15) is 0 Å². The number of halogens is 2. The molecule has 2 nitrogen and oxygen atoms in total. The predicted octanol–water partition coefficient (Wildman–Crippen LogP) is 4.21. The Balaban J connectivity index is 2.02. The molecule has 0 spiro atoms. The van der Waals surface area contributed by atoms with Gasteiger partial charge in [-0.25, -0.2) is 4.39 Å². The Bertz CT molecular complexity index is 589. The maximum Gasteiger partial charge on any atom is 0.138 e. The van der Waals surface area contributed by atoms with E-state index in [0.717, 1.165) is 25.1 Å². The predicted molar refractivity (Wildman–Crippen MR) is 84.4 cm³/mol. The quantitative estimate of drug-likeness (QED) is 0.774. The highest BCUT2D eigenvalue weighted by molar-refractivity contribution is 6.32. The molecule has 0 heterocycles. The second kappa shape index (κ2) is 8.01. The number of likely N-dealkylation sites (N-methyl/N-ethyl adjacent to an activating group) is 1. The van der Waals surface area contributed by atoms with Gasteiger partial charge in [-0.15, -0.1) is 0 Å². The van der Waals surface area contributed by atoms with Crippen molar-refractivity contribution in [3.63, 3.8) is 0 Å². The van der Waals surface area contributed by atoms with Crippen molar-refractivity contribution in [3.8, 4) is 5.75 Å². The van der Waals surface area contributed by atoms with Crippen molar-refractivity contribution in [2.75, 3.05) is 13.1 Å². The lowest BCUT2D eigenvalue weighted by Gasteiger charge is -2.12. The van der Waals surface area contributed by atoms with E-state index in [1.165, 1.54) is 17.7 Å². The van der Waals surface area contributed by atoms with Crippen molar-refractivity contribution in [1.29, 1.82) is 0 Å². The van der Waals surface area contributed by atoms with Crippen LogP contribution >= 0.6 is 11.6 Å². The van der Waals surface area contributed by atoms with Crippen molar-refractivity contribution >= 4 is 11.6 Å². The Kier molecular flexibility index (Phi) is 6.03. The summed E-state index contributed by atoms with van der Waals surface area (Å²) in [5.74, 6) is 0.137. The number of ether oxygens (including phenoxy) is 1. The zero-order valence-corrected chi connectivity index (χ0v) is 12.8. The molecule has 2 aromatic carbocycles. The largest absolute Gasteiger partial charge is 0.487 e. The molecule has 0 bridgehead atoms. The van der Waals surface area contributed by atoms with E-state index in [1.54, 1.807) is 6.07 Å². The van der Waals surface area contributed by atoms with Gasteiger partial charge in [0.05, 0.1) is 5.02 Å². The van der Waals surface area contributed by atoms with E-state index in [-0.39, 0.29) is 5.82 Å². The van der Waals surface area contributed by atoms with Gasteiger partial charge >= 0.3 is 0 Å². The third-order valence-electron chi connectivity index (χ3n) is 3.22. The molecule has 0 atom stereocenters. The first-order chi connectivity index (χ1) is 10.2. The Morgan fingerprint density at radius 3 is 2.62 bits per heavy atom. The molecule has 0 saturated heterocycles. The molecule has 0 fully saturated rings. The number of nitrogens with one attached hydrogen (secondary N) is 1. The van der Waals surface area contributed by atoms with E-state index in [1.807, 2.05) is 18.2 Å². The molecule has 0 aliphatic carbocycles. The lowest BCUT2D eigenvalue weighted by atomic mass is 10.1. The lowest BCUT2D eigenvalue weighted by molar-refractivity contribution is 0.304. The zero-order valence-electron chi connectivity index (χ0n) is 12.0. The molecule has 0 aromatic heterocycles. The Morgan fingerprint density at radius 1 is 1.14 bits per heavy atom. The van der Waals surface area contributed by atoms with Crippen molar-refractivity contribution in [2.45, 2.75) is 20.0 Å². The standard InChI is InChI=1S/C17H19ClFNO/c1-2-20-10-9-13-5-3-4-6-14(13)12-21-17-8-7-15(19)11-16(17)18/h3-8,11,20H,2,9-10,12H2,1H3. The molecule has 0 aliphatic heterocycles. The first kappa shape index (κ1) is 15.8. The molecule has 0 amide bonds. The second-order valence-electron chi connectivity index (χ2n) is 4.74. The Labute approximate surface area is 129 Å².